The highest BCUT2D eigenvalue weighted by Crippen LogP contribution is 2.27. The Bertz CT molecular complexity index is 864. The quantitative estimate of drug-likeness (QED) is 0.744. The van der Waals surface area contributed by atoms with Gasteiger partial charge in [-0.05, 0) is 31.2 Å². The maximum Gasteiger partial charge on any atom is 0.433 e. The SMILES string of the molecule is Cc1ccc(S(=O)(=O)NCCNC(=O)c2ccc(C(F)(F)F)nc2)cc1. The third-order valence-corrected chi connectivity index (χ3v) is 4.83. The number of alkyl halides is 3. The number of aryl methyl sites for hydroxylation is 1. The first kappa shape index (κ1) is 19.9. The second-order valence-electron chi connectivity index (χ2n) is 5.40. The van der Waals surface area contributed by atoms with E-state index in [-0.39, 0.29) is 23.5 Å². The van der Waals surface area contributed by atoms with Crippen LogP contribution in [0.4, 0.5) is 13.2 Å². The molecule has 0 radical (unpaired) electrons. The first-order valence-corrected chi connectivity index (χ1v) is 8.96. The number of carbonyl (C=O) groups excluding carboxylic acids is 1. The van der Waals surface area contributed by atoms with Gasteiger partial charge in [0.25, 0.3) is 5.91 Å². The van der Waals surface area contributed by atoms with E-state index in [0.29, 0.717) is 6.07 Å². The summed E-state index contributed by atoms with van der Waals surface area (Å²) in [5.41, 5.74) is -0.235. The van der Waals surface area contributed by atoms with Crippen LogP contribution < -0.4 is 10.0 Å². The number of nitrogens with zero attached hydrogens (tertiary/aromatic N) is 1. The molecule has 0 unspecified atom stereocenters. The Morgan fingerprint density at radius 2 is 1.73 bits per heavy atom. The number of nitrogens with one attached hydrogen (secondary N) is 2. The van der Waals surface area contributed by atoms with E-state index in [1.54, 1.807) is 12.1 Å². The van der Waals surface area contributed by atoms with Crippen molar-refractivity contribution in [1.29, 1.82) is 0 Å². The third kappa shape index (κ3) is 5.27. The van der Waals surface area contributed by atoms with Crippen LogP contribution in [0, 0.1) is 6.92 Å². The summed E-state index contributed by atoms with van der Waals surface area (Å²) in [7, 11) is -3.70. The molecule has 1 amide bonds. The van der Waals surface area contributed by atoms with Gasteiger partial charge in [-0.15, -0.1) is 0 Å². The van der Waals surface area contributed by atoms with Gasteiger partial charge in [0.05, 0.1) is 10.5 Å². The largest absolute Gasteiger partial charge is 0.433 e. The maximum atomic E-state index is 12.4. The van der Waals surface area contributed by atoms with Crippen molar-refractivity contribution in [1.82, 2.24) is 15.0 Å². The van der Waals surface area contributed by atoms with E-state index in [1.165, 1.54) is 12.1 Å². The maximum absolute atomic E-state index is 12.4. The van der Waals surface area contributed by atoms with Crippen LogP contribution in [0.25, 0.3) is 0 Å². The van der Waals surface area contributed by atoms with Gasteiger partial charge in [-0.2, -0.15) is 13.2 Å². The fourth-order valence-electron chi connectivity index (χ4n) is 1.96. The van der Waals surface area contributed by atoms with Crippen molar-refractivity contribution in [2.75, 3.05) is 13.1 Å². The van der Waals surface area contributed by atoms with Crippen molar-refractivity contribution >= 4 is 15.9 Å². The van der Waals surface area contributed by atoms with Gasteiger partial charge < -0.3 is 5.32 Å². The van der Waals surface area contributed by atoms with Crippen molar-refractivity contribution in [2.24, 2.45) is 0 Å². The molecule has 0 fully saturated rings. The average Bonchev–Trinajstić information content (AvgIpc) is 2.58. The highest BCUT2D eigenvalue weighted by atomic mass is 32.2. The molecule has 140 valence electrons. The number of hydrogen-bond donors (Lipinski definition) is 2. The number of rotatable bonds is 6. The minimum Gasteiger partial charge on any atom is -0.351 e. The van der Waals surface area contributed by atoms with Crippen LogP contribution in [-0.2, 0) is 16.2 Å². The molecule has 1 aromatic heterocycles. The van der Waals surface area contributed by atoms with Gasteiger partial charge in [0.2, 0.25) is 10.0 Å². The van der Waals surface area contributed by atoms with Gasteiger partial charge in [-0.3, -0.25) is 9.78 Å². The predicted octanol–water partition coefficient (Wildman–Crippen LogP) is 2.12. The lowest BCUT2D eigenvalue weighted by molar-refractivity contribution is -0.141. The number of sulfonamides is 1. The Hall–Kier alpha value is -2.46. The van der Waals surface area contributed by atoms with Crippen LogP contribution in [0.2, 0.25) is 0 Å². The van der Waals surface area contributed by atoms with E-state index in [9.17, 15) is 26.4 Å². The number of carbonyl (C=O) groups is 1. The van der Waals surface area contributed by atoms with Crippen LogP contribution >= 0.6 is 0 Å². The summed E-state index contributed by atoms with van der Waals surface area (Å²) in [6.45, 7) is 1.72. The highest BCUT2D eigenvalue weighted by Gasteiger charge is 2.32. The van der Waals surface area contributed by atoms with Gasteiger partial charge in [0, 0.05) is 19.3 Å². The zero-order chi connectivity index (χ0) is 19.4. The van der Waals surface area contributed by atoms with Crippen molar-refractivity contribution in [3.05, 3.63) is 59.4 Å². The van der Waals surface area contributed by atoms with Crippen LogP contribution in [0.15, 0.2) is 47.5 Å². The van der Waals surface area contributed by atoms with Crippen LogP contribution in [0.5, 0.6) is 0 Å². The fourth-order valence-corrected chi connectivity index (χ4v) is 2.99. The first-order chi connectivity index (χ1) is 12.1. The molecule has 0 spiro atoms. The second kappa shape index (κ2) is 7.83. The predicted molar refractivity (Wildman–Crippen MR) is 87.9 cm³/mol. The Kier molecular flexibility index (Phi) is 5.98. The number of hydrogen-bond acceptors (Lipinski definition) is 4. The van der Waals surface area contributed by atoms with Gasteiger partial charge >= 0.3 is 6.18 Å². The molecule has 0 saturated carbocycles. The normalized spacial score (nSPS) is 12.0. The third-order valence-electron chi connectivity index (χ3n) is 3.35. The van der Waals surface area contributed by atoms with Crippen molar-refractivity contribution in [3.63, 3.8) is 0 Å². The summed E-state index contributed by atoms with van der Waals surface area (Å²) in [5.74, 6) is -0.652. The monoisotopic (exact) mass is 387 g/mol. The molecule has 0 aliphatic heterocycles. The summed E-state index contributed by atoms with van der Waals surface area (Å²) in [6, 6.07) is 7.95. The molecule has 1 aromatic carbocycles. The molecule has 0 aliphatic rings. The molecule has 26 heavy (non-hydrogen) atoms. The summed E-state index contributed by atoms with van der Waals surface area (Å²) in [6.07, 6.45) is -3.77. The summed E-state index contributed by atoms with van der Waals surface area (Å²) in [5, 5.41) is 2.40. The Balaban J connectivity index is 1.85. The molecule has 0 aliphatic carbocycles. The van der Waals surface area contributed by atoms with Crippen LogP contribution in [0.3, 0.4) is 0 Å². The highest BCUT2D eigenvalue weighted by molar-refractivity contribution is 7.89. The molecule has 10 heteroatoms. The smallest absolute Gasteiger partial charge is 0.351 e. The molecule has 6 nitrogen and oxygen atoms in total. The Labute approximate surface area is 148 Å². The van der Waals surface area contributed by atoms with Crippen molar-refractivity contribution < 1.29 is 26.4 Å². The number of benzene rings is 1. The minimum atomic E-state index is -4.58. The first-order valence-electron chi connectivity index (χ1n) is 7.47. The van der Waals surface area contributed by atoms with Gasteiger partial charge in [0.15, 0.2) is 0 Å². The van der Waals surface area contributed by atoms with E-state index in [1.807, 2.05) is 6.92 Å². The molecule has 0 saturated heterocycles. The molecule has 0 bridgehead atoms. The average molecular weight is 387 g/mol. The molecule has 2 aromatic rings. The summed E-state index contributed by atoms with van der Waals surface area (Å²) >= 11 is 0. The molecule has 0 atom stereocenters. The molecular weight excluding hydrogens is 371 g/mol. The Morgan fingerprint density at radius 1 is 1.08 bits per heavy atom. The van der Waals surface area contributed by atoms with E-state index in [2.05, 4.69) is 15.0 Å². The standard InChI is InChI=1S/C16H16F3N3O3S/c1-11-2-5-13(6-3-11)26(24,25)22-9-8-20-15(23)12-4-7-14(21-10-12)16(17,18)19/h2-7,10,22H,8-9H2,1H3,(H,20,23). The molecule has 1 heterocycles. The zero-order valence-corrected chi connectivity index (χ0v) is 14.5. The number of pyridine rings is 1. The minimum absolute atomic E-state index is 0.0368. The topological polar surface area (TPSA) is 88.2 Å². The molecule has 2 N–H and O–H groups in total. The second-order valence-corrected chi connectivity index (χ2v) is 7.16. The van der Waals surface area contributed by atoms with Gasteiger partial charge in [0.1, 0.15) is 5.69 Å². The van der Waals surface area contributed by atoms with E-state index in [4.69, 9.17) is 0 Å². The Morgan fingerprint density at radius 3 is 2.27 bits per heavy atom. The summed E-state index contributed by atoms with van der Waals surface area (Å²) in [4.78, 5) is 15.1. The van der Waals surface area contributed by atoms with E-state index in [0.717, 1.165) is 17.8 Å². The zero-order valence-electron chi connectivity index (χ0n) is 13.7. The fraction of sp³-hybridized carbons (Fsp3) is 0.250. The van der Waals surface area contributed by atoms with E-state index < -0.39 is 27.8 Å². The van der Waals surface area contributed by atoms with Gasteiger partial charge in [-0.25, -0.2) is 13.1 Å². The number of halogens is 3. The number of aromatic nitrogens is 1. The van der Waals surface area contributed by atoms with Gasteiger partial charge in [-0.1, -0.05) is 17.7 Å². The van der Waals surface area contributed by atoms with Crippen LogP contribution in [0.1, 0.15) is 21.6 Å². The lowest BCUT2D eigenvalue weighted by Crippen LogP contribution is -2.34. The molecule has 2 rings (SSSR count). The van der Waals surface area contributed by atoms with Crippen molar-refractivity contribution in [2.45, 2.75) is 18.0 Å². The lowest BCUT2D eigenvalue weighted by atomic mass is 10.2. The van der Waals surface area contributed by atoms with Crippen LogP contribution in [-0.4, -0.2) is 32.4 Å². The number of amides is 1. The lowest BCUT2D eigenvalue weighted by Gasteiger charge is -2.09. The molecular formula is C16H16F3N3O3S. The van der Waals surface area contributed by atoms with Crippen molar-refractivity contribution in [3.8, 4) is 0 Å². The summed E-state index contributed by atoms with van der Waals surface area (Å²) < 4.78 is 63.7. The van der Waals surface area contributed by atoms with E-state index >= 15 is 0 Å².